The largest absolute Gasteiger partial charge is 0.497 e. The van der Waals surface area contributed by atoms with Gasteiger partial charge in [0.2, 0.25) is 0 Å². The van der Waals surface area contributed by atoms with Crippen molar-refractivity contribution in [1.82, 2.24) is 4.98 Å². The van der Waals surface area contributed by atoms with Crippen LogP contribution in [0, 0.1) is 6.92 Å². The van der Waals surface area contributed by atoms with Crippen LogP contribution in [0.2, 0.25) is 0 Å². The highest BCUT2D eigenvalue weighted by Gasteiger charge is 2.08. The highest BCUT2D eigenvalue weighted by atomic mass is 32.1. The van der Waals surface area contributed by atoms with Crippen LogP contribution in [-0.2, 0) is 12.8 Å². The van der Waals surface area contributed by atoms with Gasteiger partial charge in [0.1, 0.15) is 5.75 Å². The van der Waals surface area contributed by atoms with Crippen molar-refractivity contribution in [2.24, 2.45) is 0 Å². The summed E-state index contributed by atoms with van der Waals surface area (Å²) >= 11 is 1.62. The van der Waals surface area contributed by atoms with Gasteiger partial charge in [-0.1, -0.05) is 12.1 Å². The minimum atomic E-state index is -0.326. The van der Waals surface area contributed by atoms with Crippen molar-refractivity contribution in [2.75, 3.05) is 7.11 Å². The first-order valence-electron chi connectivity index (χ1n) is 6.39. The van der Waals surface area contributed by atoms with E-state index in [9.17, 15) is 5.11 Å². The van der Waals surface area contributed by atoms with Crippen molar-refractivity contribution in [3.8, 4) is 5.75 Å². The van der Waals surface area contributed by atoms with Crippen molar-refractivity contribution in [3.63, 3.8) is 0 Å². The minimum Gasteiger partial charge on any atom is -0.497 e. The summed E-state index contributed by atoms with van der Waals surface area (Å²) in [6, 6.07) is 7.98. The third kappa shape index (κ3) is 4.33. The van der Waals surface area contributed by atoms with E-state index in [-0.39, 0.29) is 6.10 Å². The Labute approximate surface area is 117 Å². The Hall–Kier alpha value is -1.39. The summed E-state index contributed by atoms with van der Waals surface area (Å²) in [5.41, 5.74) is 2.25. The molecular formula is C15H19NO2S. The van der Waals surface area contributed by atoms with Crippen LogP contribution in [0.25, 0.3) is 0 Å². The Morgan fingerprint density at radius 3 is 2.63 bits per heavy atom. The van der Waals surface area contributed by atoms with Crippen LogP contribution in [-0.4, -0.2) is 23.3 Å². The SMILES string of the molecule is COc1ccc(CCC(O)Cc2nc(C)cs2)cc1. The van der Waals surface area contributed by atoms with Crippen LogP contribution < -0.4 is 4.74 Å². The first kappa shape index (κ1) is 14.0. The number of aromatic nitrogens is 1. The second-order valence-corrected chi connectivity index (χ2v) is 5.57. The van der Waals surface area contributed by atoms with E-state index in [4.69, 9.17) is 4.74 Å². The van der Waals surface area contributed by atoms with E-state index in [2.05, 4.69) is 4.98 Å². The van der Waals surface area contributed by atoms with E-state index in [1.807, 2.05) is 36.6 Å². The van der Waals surface area contributed by atoms with Gasteiger partial charge >= 0.3 is 0 Å². The summed E-state index contributed by atoms with van der Waals surface area (Å²) in [7, 11) is 1.66. The molecule has 0 amide bonds. The number of thiazole rings is 1. The van der Waals surface area contributed by atoms with Crippen LogP contribution in [0.3, 0.4) is 0 Å². The molecule has 2 rings (SSSR count). The average molecular weight is 277 g/mol. The van der Waals surface area contributed by atoms with Crippen molar-refractivity contribution in [1.29, 1.82) is 0 Å². The maximum atomic E-state index is 10.0. The number of rotatable bonds is 6. The first-order chi connectivity index (χ1) is 9.17. The molecule has 1 aromatic carbocycles. The molecule has 0 bridgehead atoms. The average Bonchev–Trinajstić information content (AvgIpc) is 2.82. The Kier molecular flexibility index (Phi) is 4.93. The van der Waals surface area contributed by atoms with Crippen molar-refractivity contribution >= 4 is 11.3 Å². The standard InChI is InChI=1S/C15H19NO2S/c1-11-10-19-15(16-11)9-13(17)6-3-12-4-7-14(18-2)8-5-12/h4-5,7-8,10,13,17H,3,6,9H2,1-2H3. The lowest BCUT2D eigenvalue weighted by molar-refractivity contribution is 0.165. The molecule has 0 radical (unpaired) electrons. The highest BCUT2D eigenvalue weighted by molar-refractivity contribution is 7.09. The third-order valence-electron chi connectivity index (χ3n) is 3.00. The number of aliphatic hydroxyl groups is 1. The van der Waals surface area contributed by atoms with Gasteiger partial charge in [0, 0.05) is 17.5 Å². The van der Waals surface area contributed by atoms with Crippen LogP contribution >= 0.6 is 11.3 Å². The molecule has 102 valence electrons. The van der Waals surface area contributed by atoms with Crippen LogP contribution in [0.5, 0.6) is 5.75 Å². The van der Waals surface area contributed by atoms with Gasteiger partial charge in [0.15, 0.2) is 0 Å². The predicted octanol–water partition coefficient (Wildman–Crippen LogP) is 3.00. The van der Waals surface area contributed by atoms with E-state index >= 15 is 0 Å². The Morgan fingerprint density at radius 1 is 1.32 bits per heavy atom. The van der Waals surface area contributed by atoms with Crippen molar-refractivity contribution in [2.45, 2.75) is 32.3 Å². The molecule has 2 aromatic rings. The Morgan fingerprint density at radius 2 is 2.05 bits per heavy atom. The molecule has 1 atom stereocenters. The Bertz CT molecular complexity index is 507. The van der Waals surface area contributed by atoms with Gasteiger partial charge in [-0.3, -0.25) is 0 Å². The zero-order chi connectivity index (χ0) is 13.7. The van der Waals surface area contributed by atoms with Crippen LogP contribution in [0.15, 0.2) is 29.6 Å². The predicted molar refractivity (Wildman–Crippen MR) is 77.9 cm³/mol. The molecule has 0 saturated carbocycles. The number of aryl methyl sites for hydroxylation is 2. The molecule has 19 heavy (non-hydrogen) atoms. The van der Waals surface area contributed by atoms with E-state index in [0.717, 1.165) is 29.3 Å². The monoisotopic (exact) mass is 277 g/mol. The zero-order valence-electron chi connectivity index (χ0n) is 11.3. The summed E-state index contributed by atoms with van der Waals surface area (Å²) in [5, 5.41) is 13.0. The number of nitrogens with zero attached hydrogens (tertiary/aromatic N) is 1. The second-order valence-electron chi connectivity index (χ2n) is 4.63. The summed E-state index contributed by atoms with van der Waals surface area (Å²) in [5.74, 6) is 0.863. The summed E-state index contributed by atoms with van der Waals surface area (Å²) < 4.78 is 5.12. The number of methoxy groups -OCH3 is 1. The Balaban J connectivity index is 1.80. The highest BCUT2D eigenvalue weighted by Crippen LogP contribution is 2.16. The van der Waals surface area contributed by atoms with Gasteiger partial charge in [-0.15, -0.1) is 11.3 Å². The van der Waals surface area contributed by atoms with E-state index in [1.165, 1.54) is 5.56 Å². The molecule has 0 spiro atoms. The van der Waals surface area contributed by atoms with E-state index in [1.54, 1.807) is 18.4 Å². The number of aliphatic hydroxyl groups excluding tert-OH is 1. The fraction of sp³-hybridized carbons (Fsp3) is 0.400. The van der Waals surface area contributed by atoms with Gasteiger partial charge in [-0.25, -0.2) is 4.98 Å². The summed E-state index contributed by atoms with van der Waals surface area (Å²) in [6.45, 7) is 1.98. The number of ether oxygens (including phenoxy) is 1. The zero-order valence-corrected chi connectivity index (χ0v) is 12.1. The smallest absolute Gasteiger partial charge is 0.118 e. The van der Waals surface area contributed by atoms with Crippen LogP contribution in [0.4, 0.5) is 0 Å². The third-order valence-corrected chi connectivity index (χ3v) is 3.99. The van der Waals surface area contributed by atoms with E-state index < -0.39 is 0 Å². The fourth-order valence-corrected chi connectivity index (χ4v) is 2.77. The van der Waals surface area contributed by atoms with Gasteiger partial charge in [0.25, 0.3) is 0 Å². The van der Waals surface area contributed by atoms with Gasteiger partial charge in [-0.2, -0.15) is 0 Å². The molecule has 0 aliphatic rings. The molecule has 0 saturated heterocycles. The minimum absolute atomic E-state index is 0.326. The lowest BCUT2D eigenvalue weighted by Crippen LogP contribution is -2.11. The lowest BCUT2D eigenvalue weighted by atomic mass is 10.1. The van der Waals surface area contributed by atoms with Crippen molar-refractivity contribution < 1.29 is 9.84 Å². The topological polar surface area (TPSA) is 42.4 Å². The van der Waals surface area contributed by atoms with Crippen molar-refractivity contribution in [3.05, 3.63) is 45.9 Å². The molecule has 1 heterocycles. The first-order valence-corrected chi connectivity index (χ1v) is 7.27. The summed E-state index contributed by atoms with van der Waals surface area (Å²) in [4.78, 5) is 4.37. The van der Waals surface area contributed by atoms with Crippen LogP contribution in [0.1, 0.15) is 22.7 Å². The molecular weight excluding hydrogens is 258 g/mol. The van der Waals surface area contributed by atoms with Gasteiger partial charge in [-0.05, 0) is 37.5 Å². The molecule has 1 aromatic heterocycles. The molecule has 1 N–H and O–H groups in total. The summed E-state index contributed by atoms with van der Waals surface area (Å²) in [6.07, 6.45) is 1.95. The van der Waals surface area contributed by atoms with Gasteiger partial charge < -0.3 is 9.84 Å². The molecule has 4 heteroatoms. The molecule has 0 aliphatic carbocycles. The molecule has 3 nitrogen and oxygen atoms in total. The van der Waals surface area contributed by atoms with Gasteiger partial charge in [0.05, 0.1) is 18.2 Å². The molecule has 0 fully saturated rings. The second kappa shape index (κ2) is 6.68. The lowest BCUT2D eigenvalue weighted by Gasteiger charge is -2.09. The quantitative estimate of drug-likeness (QED) is 0.882. The number of hydrogen-bond acceptors (Lipinski definition) is 4. The maximum absolute atomic E-state index is 10.0. The van der Waals surface area contributed by atoms with E-state index in [0.29, 0.717) is 6.42 Å². The molecule has 1 unspecified atom stereocenters. The fourth-order valence-electron chi connectivity index (χ4n) is 1.93. The number of hydrogen-bond donors (Lipinski definition) is 1. The normalized spacial score (nSPS) is 12.4. The maximum Gasteiger partial charge on any atom is 0.118 e. The molecule has 0 aliphatic heterocycles. The number of benzene rings is 1.